The highest BCUT2D eigenvalue weighted by Gasteiger charge is 2.30. The molecular formula is C7H12N2O2. The Labute approximate surface area is 65.3 Å². The number of carbonyl (C=O) groups excluding carboxylic acids is 2. The lowest BCUT2D eigenvalue weighted by molar-refractivity contribution is -0.137. The second-order valence-corrected chi connectivity index (χ2v) is 2.83. The molecule has 1 saturated heterocycles. The Balaban J connectivity index is 2.62. The number of imide groups is 1. The molecule has 0 radical (unpaired) electrons. The summed E-state index contributed by atoms with van der Waals surface area (Å²) in [6.45, 7) is 1.81. The van der Waals surface area contributed by atoms with Gasteiger partial charge < -0.3 is 5.32 Å². The molecule has 2 atom stereocenters. The van der Waals surface area contributed by atoms with Gasteiger partial charge in [-0.15, -0.1) is 0 Å². The molecule has 0 aliphatic carbocycles. The number of rotatable bonds is 1. The molecule has 2 unspecified atom stereocenters. The molecule has 2 N–H and O–H groups in total. The average Bonchev–Trinajstić information content (AvgIpc) is 1.97. The van der Waals surface area contributed by atoms with Gasteiger partial charge in [0.15, 0.2) is 0 Å². The minimum atomic E-state index is -0.212. The molecule has 4 heteroatoms. The third-order valence-corrected chi connectivity index (χ3v) is 1.95. The summed E-state index contributed by atoms with van der Waals surface area (Å²) in [5, 5.41) is 5.13. The van der Waals surface area contributed by atoms with Crippen LogP contribution in [0.3, 0.4) is 0 Å². The number of nitrogens with one attached hydrogen (secondary N) is 2. The zero-order valence-electron chi connectivity index (χ0n) is 6.68. The van der Waals surface area contributed by atoms with Crippen molar-refractivity contribution in [2.75, 3.05) is 7.05 Å². The molecule has 0 spiro atoms. The lowest BCUT2D eigenvalue weighted by Crippen LogP contribution is -2.52. The van der Waals surface area contributed by atoms with E-state index in [0.29, 0.717) is 6.42 Å². The summed E-state index contributed by atoms with van der Waals surface area (Å²) < 4.78 is 0. The molecular weight excluding hydrogens is 144 g/mol. The number of hydrogen-bond acceptors (Lipinski definition) is 3. The SMILES string of the molecule is CNC1CC(C)C(=O)NC1=O. The van der Waals surface area contributed by atoms with Crippen molar-refractivity contribution in [3.05, 3.63) is 0 Å². The summed E-state index contributed by atoms with van der Waals surface area (Å²) in [6.07, 6.45) is 0.598. The van der Waals surface area contributed by atoms with Crippen LogP contribution in [0.2, 0.25) is 0 Å². The van der Waals surface area contributed by atoms with E-state index in [1.54, 1.807) is 7.05 Å². The van der Waals surface area contributed by atoms with Crippen molar-refractivity contribution < 1.29 is 9.59 Å². The smallest absolute Gasteiger partial charge is 0.243 e. The minimum absolute atomic E-state index is 0.0647. The van der Waals surface area contributed by atoms with Crippen LogP contribution in [0.25, 0.3) is 0 Å². The molecule has 0 bridgehead atoms. The standard InChI is InChI=1S/C7H12N2O2/c1-4-3-5(8-2)7(11)9-6(4)10/h4-5,8H,3H2,1-2H3,(H,9,10,11). The lowest BCUT2D eigenvalue weighted by atomic mass is 9.96. The van der Waals surface area contributed by atoms with Crippen molar-refractivity contribution in [2.24, 2.45) is 5.92 Å². The van der Waals surface area contributed by atoms with Crippen LogP contribution < -0.4 is 10.6 Å². The summed E-state index contributed by atoms with van der Waals surface area (Å²) in [6, 6.07) is -0.206. The van der Waals surface area contributed by atoms with E-state index < -0.39 is 0 Å². The normalized spacial score (nSPS) is 31.8. The quantitative estimate of drug-likeness (QED) is 0.491. The van der Waals surface area contributed by atoms with Gasteiger partial charge in [0.1, 0.15) is 0 Å². The Morgan fingerprint density at radius 2 is 2.09 bits per heavy atom. The van der Waals surface area contributed by atoms with E-state index in [1.807, 2.05) is 6.92 Å². The van der Waals surface area contributed by atoms with Gasteiger partial charge in [-0.1, -0.05) is 6.92 Å². The largest absolute Gasteiger partial charge is 0.309 e. The van der Waals surface area contributed by atoms with Gasteiger partial charge in [0.05, 0.1) is 6.04 Å². The van der Waals surface area contributed by atoms with Crippen LogP contribution in [-0.4, -0.2) is 24.9 Å². The summed E-state index contributed by atoms with van der Waals surface area (Å²) in [5.41, 5.74) is 0. The highest BCUT2D eigenvalue weighted by molar-refractivity contribution is 6.01. The Morgan fingerprint density at radius 1 is 1.45 bits per heavy atom. The Morgan fingerprint density at radius 3 is 2.64 bits per heavy atom. The molecule has 62 valence electrons. The Kier molecular flexibility index (Phi) is 2.24. The van der Waals surface area contributed by atoms with Gasteiger partial charge in [-0.2, -0.15) is 0 Å². The molecule has 1 aliphatic heterocycles. The topological polar surface area (TPSA) is 58.2 Å². The maximum atomic E-state index is 11.0. The average molecular weight is 156 g/mol. The molecule has 4 nitrogen and oxygen atoms in total. The van der Waals surface area contributed by atoms with Crippen LogP contribution in [0.1, 0.15) is 13.3 Å². The van der Waals surface area contributed by atoms with Crippen molar-refractivity contribution in [3.8, 4) is 0 Å². The van der Waals surface area contributed by atoms with Crippen molar-refractivity contribution in [1.82, 2.24) is 10.6 Å². The summed E-state index contributed by atoms with van der Waals surface area (Å²) in [4.78, 5) is 21.9. The molecule has 1 rings (SSSR count). The Hall–Kier alpha value is -0.900. The summed E-state index contributed by atoms with van der Waals surface area (Å²) in [7, 11) is 1.72. The molecule has 0 aromatic carbocycles. The number of carbonyl (C=O) groups is 2. The number of likely N-dealkylation sites (N-methyl/N-ethyl adjacent to an activating group) is 1. The van der Waals surface area contributed by atoms with E-state index in [2.05, 4.69) is 10.6 Å². The molecule has 1 aliphatic rings. The van der Waals surface area contributed by atoms with Crippen LogP contribution in [0, 0.1) is 5.92 Å². The molecule has 2 amide bonds. The molecule has 0 aromatic heterocycles. The van der Waals surface area contributed by atoms with E-state index in [-0.39, 0.29) is 23.8 Å². The van der Waals surface area contributed by atoms with E-state index in [4.69, 9.17) is 0 Å². The van der Waals surface area contributed by atoms with Crippen molar-refractivity contribution in [2.45, 2.75) is 19.4 Å². The molecule has 0 saturated carbocycles. The highest BCUT2D eigenvalue weighted by atomic mass is 16.2. The highest BCUT2D eigenvalue weighted by Crippen LogP contribution is 2.10. The van der Waals surface area contributed by atoms with Crippen LogP contribution in [-0.2, 0) is 9.59 Å². The molecule has 0 aromatic rings. The van der Waals surface area contributed by atoms with Gasteiger partial charge in [0.25, 0.3) is 0 Å². The second kappa shape index (κ2) is 3.00. The van der Waals surface area contributed by atoms with Gasteiger partial charge in [-0.25, -0.2) is 0 Å². The zero-order valence-corrected chi connectivity index (χ0v) is 6.68. The minimum Gasteiger partial charge on any atom is -0.309 e. The van der Waals surface area contributed by atoms with Gasteiger partial charge in [0, 0.05) is 5.92 Å². The van der Waals surface area contributed by atoms with Crippen molar-refractivity contribution in [1.29, 1.82) is 0 Å². The van der Waals surface area contributed by atoms with Crippen LogP contribution >= 0.6 is 0 Å². The molecule has 1 heterocycles. The van der Waals surface area contributed by atoms with Gasteiger partial charge in [-0.3, -0.25) is 14.9 Å². The Bertz CT molecular complexity index is 191. The first-order valence-electron chi connectivity index (χ1n) is 3.67. The fraction of sp³-hybridized carbons (Fsp3) is 0.714. The lowest BCUT2D eigenvalue weighted by Gasteiger charge is -2.24. The van der Waals surface area contributed by atoms with E-state index in [9.17, 15) is 9.59 Å². The third-order valence-electron chi connectivity index (χ3n) is 1.95. The summed E-state index contributed by atoms with van der Waals surface area (Å²) in [5.74, 6) is -0.442. The zero-order chi connectivity index (χ0) is 8.43. The predicted octanol–water partition coefficient (Wildman–Crippen LogP) is -0.743. The van der Waals surface area contributed by atoms with Crippen LogP contribution in [0.4, 0.5) is 0 Å². The molecule has 1 fully saturated rings. The van der Waals surface area contributed by atoms with Crippen LogP contribution in [0.5, 0.6) is 0 Å². The van der Waals surface area contributed by atoms with Gasteiger partial charge in [-0.05, 0) is 13.5 Å². The summed E-state index contributed by atoms with van der Waals surface area (Å²) >= 11 is 0. The molecule has 11 heavy (non-hydrogen) atoms. The number of amides is 2. The third kappa shape index (κ3) is 1.57. The number of piperidine rings is 1. The first-order valence-corrected chi connectivity index (χ1v) is 3.67. The number of hydrogen-bond donors (Lipinski definition) is 2. The van der Waals surface area contributed by atoms with Gasteiger partial charge >= 0.3 is 0 Å². The van der Waals surface area contributed by atoms with Gasteiger partial charge in [0.2, 0.25) is 11.8 Å². The van der Waals surface area contributed by atoms with E-state index in [1.165, 1.54) is 0 Å². The maximum absolute atomic E-state index is 11.0. The fourth-order valence-corrected chi connectivity index (χ4v) is 1.15. The van der Waals surface area contributed by atoms with E-state index in [0.717, 1.165) is 0 Å². The monoisotopic (exact) mass is 156 g/mol. The first kappa shape index (κ1) is 8.20. The van der Waals surface area contributed by atoms with E-state index >= 15 is 0 Å². The first-order chi connectivity index (χ1) is 5.15. The second-order valence-electron chi connectivity index (χ2n) is 2.83. The van der Waals surface area contributed by atoms with Crippen molar-refractivity contribution >= 4 is 11.8 Å². The predicted molar refractivity (Wildman–Crippen MR) is 39.8 cm³/mol. The maximum Gasteiger partial charge on any atom is 0.243 e. The van der Waals surface area contributed by atoms with Crippen molar-refractivity contribution in [3.63, 3.8) is 0 Å². The van der Waals surface area contributed by atoms with Crippen LogP contribution in [0.15, 0.2) is 0 Å². The fourth-order valence-electron chi connectivity index (χ4n) is 1.15.